The van der Waals surface area contributed by atoms with E-state index in [0.29, 0.717) is 11.1 Å². The van der Waals surface area contributed by atoms with Gasteiger partial charge in [0.15, 0.2) is 0 Å². The molecule has 0 fully saturated rings. The van der Waals surface area contributed by atoms with Crippen molar-refractivity contribution in [3.8, 4) is 11.8 Å². The summed E-state index contributed by atoms with van der Waals surface area (Å²) in [6.45, 7) is 0.00916. The Morgan fingerprint density at radius 3 is 2.84 bits per heavy atom. The smallest absolute Gasteiger partial charge is 0.250 e. The summed E-state index contributed by atoms with van der Waals surface area (Å²) >= 11 is 0. The van der Waals surface area contributed by atoms with Crippen LogP contribution in [0.15, 0.2) is 47.4 Å². The highest BCUT2D eigenvalue weighted by Gasteiger charge is 2.01. The molecule has 1 aromatic heterocycles. The highest BCUT2D eigenvalue weighted by Crippen LogP contribution is 2.09. The van der Waals surface area contributed by atoms with Gasteiger partial charge in [-0.3, -0.25) is 4.79 Å². The van der Waals surface area contributed by atoms with Gasteiger partial charge in [-0.05, 0) is 29.8 Å². The van der Waals surface area contributed by atoms with Crippen LogP contribution in [0.5, 0.6) is 0 Å². The first-order chi connectivity index (χ1) is 9.19. The van der Waals surface area contributed by atoms with Crippen LogP contribution in [0.3, 0.4) is 0 Å². The molecule has 0 unspecified atom stereocenters. The summed E-state index contributed by atoms with van der Waals surface area (Å²) in [6, 6.07) is 9.20. The van der Waals surface area contributed by atoms with Crippen molar-refractivity contribution in [3.05, 3.63) is 69.9 Å². The van der Waals surface area contributed by atoms with Crippen LogP contribution in [0.1, 0.15) is 11.1 Å². The number of aliphatic hydroxyl groups is 1. The SMILES string of the molecule is O=c1ccccn1Cc1cc(F)cc(C#CCO)c1. The van der Waals surface area contributed by atoms with E-state index in [0.717, 1.165) is 0 Å². The molecule has 0 aliphatic heterocycles. The Kier molecular flexibility index (Phi) is 4.11. The van der Waals surface area contributed by atoms with Gasteiger partial charge < -0.3 is 9.67 Å². The maximum absolute atomic E-state index is 13.4. The van der Waals surface area contributed by atoms with Crippen molar-refractivity contribution in [3.63, 3.8) is 0 Å². The average Bonchev–Trinajstić information content (AvgIpc) is 2.38. The average molecular weight is 257 g/mol. The quantitative estimate of drug-likeness (QED) is 0.826. The highest BCUT2D eigenvalue weighted by molar-refractivity contribution is 5.38. The van der Waals surface area contributed by atoms with Crippen LogP contribution in [0.25, 0.3) is 0 Å². The van der Waals surface area contributed by atoms with Gasteiger partial charge in [0.1, 0.15) is 12.4 Å². The van der Waals surface area contributed by atoms with Gasteiger partial charge in [-0.2, -0.15) is 0 Å². The Morgan fingerprint density at radius 1 is 1.26 bits per heavy atom. The lowest BCUT2D eigenvalue weighted by Gasteiger charge is -2.06. The van der Waals surface area contributed by atoms with Crippen molar-refractivity contribution in [2.45, 2.75) is 6.54 Å². The molecule has 19 heavy (non-hydrogen) atoms. The highest BCUT2D eigenvalue weighted by atomic mass is 19.1. The molecule has 0 spiro atoms. The minimum atomic E-state index is -0.413. The van der Waals surface area contributed by atoms with Crippen molar-refractivity contribution in [2.24, 2.45) is 0 Å². The van der Waals surface area contributed by atoms with Crippen LogP contribution in [-0.2, 0) is 6.54 Å². The first kappa shape index (κ1) is 13.1. The third-order valence-corrected chi connectivity index (χ3v) is 2.52. The molecule has 0 bridgehead atoms. The zero-order chi connectivity index (χ0) is 13.7. The normalized spacial score (nSPS) is 9.79. The van der Waals surface area contributed by atoms with E-state index < -0.39 is 5.82 Å². The van der Waals surface area contributed by atoms with Gasteiger partial charge in [0, 0.05) is 17.8 Å². The molecule has 0 atom stereocenters. The summed E-state index contributed by atoms with van der Waals surface area (Å²) in [5.41, 5.74) is 0.985. The van der Waals surface area contributed by atoms with Gasteiger partial charge in [-0.15, -0.1) is 0 Å². The minimum absolute atomic E-state index is 0.144. The monoisotopic (exact) mass is 257 g/mol. The van der Waals surface area contributed by atoms with Gasteiger partial charge in [-0.1, -0.05) is 17.9 Å². The van der Waals surface area contributed by atoms with Crippen LogP contribution in [0, 0.1) is 17.7 Å². The molecule has 4 heteroatoms. The van der Waals surface area contributed by atoms with E-state index in [1.165, 1.54) is 22.8 Å². The van der Waals surface area contributed by atoms with E-state index in [-0.39, 0.29) is 18.7 Å². The van der Waals surface area contributed by atoms with Crippen molar-refractivity contribution in [1.29, 1.82) is 0 Å². The number of hydrogen-bond donors (Lipinski definition) is 1. The number of aromatic nitrogens is 1. The summed E-state index contributed by atoms with van der Waals surface area (Å²) in [6.07, 6.45) is 1.65. The number of halogens is 1. The molecule has 0 amide bonds. The molecular formula is C15H12FNO2. The number of nitrogens with zero attached hydrogens (tertiary/aromatic N) is 1. The molecule has 0 aliphatic rings. The summed E-state index contributed by atoms with van der Waals surface area (Å²) in [5, 5.41) is 8.62. The third-order valence-electron chi connectivity index (χ3n) is 2.52. The second kappa shape index (κ2) is 5.98. The number of benzene rings is 1. The summed E-state index contributed by atoms with van der Waals surface area (Å²) in [4.78, 5) is 11.6. The van der Waals surface area contributed by atoms with E-state index in [9.17, 15) is 9.18 Å². The van der Waals surface area contributed by atoms with E-state index >= 15 is 0 Å². The van der Waals surface area contributed by atoms with Crippen LogP contribution in [0.2, 0.25) is 0 Å². The van der Waals surface area contributed by atoms with E-state index in [2.05, 4.69) is 11.8 Å². The molecule has 1 N–H and O–H groups in total. The first-order valence-electron chi connectivity index (χ1n) is 5.74. The number of pyridine rings is 1. The van der Waals surface area contributed by atoms with Crippen molar-refractivity contribution in [1.82, 2.24) is 4.57 Å². The molecule has 1 heterocycles. The summed E-state index contributed by atoms with van der Waals surface area (Å²) < 4.78 is 14.9. The predicted molar refractivity (Wildman–Crippen MR) is 70.2 cm³/mol. The zero-order valence-electron chi connectivity index (χ0n) is 10.1. The maximum atomic E-state index is 13.4. The molecule has 3 nitrogen and oxygen atoms in total. The Balaban J connectivity index is 2.33. The van der Waals surface area contributed by atoms with Crippen LogP contribution >= 0.6 is 0 Å². The topological polar surface area (TPSA) is 42.2 Å². The van der Waals surface area contributed by atoms with Gasteiger partial charge in [0.25, 0.3) is 5.56 Å². The second-order valence-electron chi connectivity index (χ2n) is 3.97. The molecule has 1 aromatic carbocycles. The van der Waals surface area contributed by atoms with E-state index in [4.69, 9.17) is 5.11 Å². The number of aliphatic hydroxyl groups excluding tert-OH is 1. The van der Waals surface area contributed by atoms with Crippen LogP contribution in [0.4, 0.5) is 4.39 Å². The summed E-state index contributed by atoms with van der Waals surface area (Å²) in [5.74, 6) is 4.70. The number of hydrogen-bond acceptors (Lipinski definition) is 2. The van der Waals surface area contributed by atoms with E-state index in [1.807, 2.05) is 0 Å². The fourth-order valence-electron chi connectivity index (χ4n) is 1.74. The van der Waals surface area contributed by atoms with Crippen LogP contribution in [-0.4, -0.2) is 16.3 Å². The van der Waals surface area contributed by atoms with E-state index in [1.54, 1.807) is 24.4 Å². The van der Waals surface area contributed by atoms with Gasteiger partial charge >= 0.3 is 0 Å². The Labute approximate surface area is 109 Å². The minimum Gasteiger partial charge on any atom is -0.384 e. The second-order valence-corrected chi connectivity index (χ2v) is 3.97. The van der Waals surface area contributed by atoms with Gasteiger partial charge in [-0.25, -0.2) is 4.39 Å². The van der Waals surface area contributed by atoms with Crippen LogP contribution < -0.4 is 5.56 Å². The largest absolute Gasteiger partial charge is 0.384 e. The van der Waals surface area contributed by atoms with Gasteiger partial charge in [0.2, 0.25) is 0 Å². The molecule has 0 radical (unpaired) electrons. The predicted octanol–water partition coefficient (Wildman–Crippen LogP) is 1.38. The molecule has 96 valence electrons. The van der Waals surface area contributed by atoms with Crippen molar-refractivity contribution < 1.29 is 9.50 Å². The fourth-order valence-corrected chi connectivity index (χ4v) is 1.74. The number of rotatable bonds is 2. The molecule has 2 aromatic rings. The Hall–Kier alpha value is -2.38. The van der Waals surface area contributed by atoms with Crippen molar-refractivity contribution >= 4 is 0 Å². The van der Waals surface area contributed by atoms with Crippen molar-refractivity contribution in [2.75, 3.05) is 6.61 Å². The molecule has 0 aliphatic carbocycles. The molecule has 0 saturated carbocycles. The Bertz CT molecular complexity index is 695. The molecule has 0 saturated heterocycles. The lowest BCUT2D eigenvalue weighted by Crippen LogP contribution is -2.18. The lowest BCUT2D eigenvalue weighted by molar-refractivity contribution is 0.350. The standard InChI is InChI=1S/C15H12FNO2/c16-14-9-12(4-3-7-18)8-13(10-14)11-17-6-2-1-5-15(17)19/h1-2,5-6,8-10,18H,7,11H2. The Morgan fingerprint density at radius 2 is 2.11 bits per heavy atom. The third kappa shape index (κ3) is 3.54. The molecular weight excluding hydrogens is 245 g/mol. The maximum Gasteiger partial charge on any atom is 0.250 e. The molecule has 2 rings (SSSR count). The van der Waals surface area contributed by atoms with Gasteiger partial charge in [0.05, 0.1) is 6.54 Å². The fraction of sp³-hybridized carbons (Fsp3) is 0.133. The first-order valence-corrected chi connectivity index (χ1v) is 5.74. The lowest BCUT2D eigenvalue weighted by atomic mass is 10.1. The zero-order valence-corrected chi connectivity index (χ0v) is 10.1. The summed E-state index contributed by atoms with van der Waals surface area (Å²) in [7, 11) is 0.